The second-order valence-corrected chi connectivity index (χ2v) is 5.06. The summed E-state index contributed by atoms with van der Waals surface area (Å²) in [5.41, 5.74) is 4.44. The average Bonchev–Trinajstić information content (AvgIpc) is 2.61. The molecule has 0 aromatic heterocycles. The smallest absolute Gasteiger partial charge is 0.277 e. The first kappa shape index (κ1) is 17.3. The third-order valence-electron chi connectivity index (χ3n) is 3.08. The van der Waals surface area contributed by atoms with Crippen molar-refractivity contribution in [2.75, 3.05) is 13.7 Å². The molecule has 0 spiro atoms. The fourth-order valence-corrected chi connectivity index (χ4v) is 1.91. The molecule has 0 unspecified atom stereocenters. The molecule has 0 atom stereocenters. The third-order valence-corrected chi connectivity index (χ3v) is 3.08. The summed E-state index contributed by atoms with van der Waals surface area (Å²) in [6.07, 6.45) is 3.57. The Kier molecular flexibility index (Phi) is 6.58. The van der Waals surface area contributed by atoms with Crippen molar-refractivity contribution in [1.29, 1.82) is 0 Å². The number of rotatable bonds is 7. The van der Waals surface area contributed by atoms with E-state index >= 15 is 0 Å². The molecular formula is C19H20N2O3. The average molecular weight is 324 g/mol. The number of ether oxygens (including phenoxy) is 2. The first-order valence-electron chi connectivity index (χ1n) is 7.49. The van der Waals surface area contributed by atoms with Gasteiger partial charge in [-0.05, 0) is 42.3 Å². The van der Waals surface area contributed by atoms with Crippen LogP contribution in [0, 0.1) is 0 Å². The highest BCUT2D eigenvalue weighted by molar-refractivity contribution is 5.86. The maximum absolute atomic E-state index is 11.7. The number of amides is 1. The molecule has 0 heterocycles. The second-order valence-electron chi connectivity index (χ2n) is 5.06. The number of nitrogens with zero attached hydrogens (tertiary/aromatic N) is 1. The zero-order valence-corrected chi connectivity index (χ0v) is 13.7. The Bertz CT molecular complexity index is 707. The van der Waals surface area contributed by atoms with Crippen LogP contribution >= 0.6 is 0 Å². The lowest BCUT2D eigenvalue weighted by Gasteiger charge is -2.05. The molecule has 2 rings (SSSR count). The topological polar surface area (TPSA) is 59.9 Å². The molecule has 1 N–H and O–H groups in total. The Morgan fingerprint density at radius 3 is 2.42 bits per heavy atom. The number of hydrogen-bond acceptors (Lipinski definition) is 4. The van der Waals surface area contributed by atoms with Gasteiger partial charge in [0.25, 0.3) is 5.91 Å². The van der Waals surface area contributed by atoms with Crippen molar-refractivity contribution < 1.29 is 14.3 Å². The second kappa shape index (κ2) is 9.15. The molecule has 0 saturated heterocycles. The lowest BCUT2D eigenvalue weighted by Crippen LogP contribution is -2.24. The van der Waals surface area contributed by atoms with Crippen LogP contribution in [-0.2, 0) is 4.79 Å². The Morgan fingerprint density at radius 2 is 1.75 bits per heavy atom. The maximum atomic E-state index is 11.7. The van der Waals surface area contributed by atoms with E-state index in [9.17, 15) is 4.79 Å². The molecule has 0 fully saturated rings. The van der Waals surface area contributed by atoms with Crippen molar-refractivity contribution in [2.24, 2.45) is 5.10 Å². The van der Waals surface area contributed by atoms with Gasteiger partial charge in [-0.25, -0.2) is 5.43 Å². The number of carbonyl (C=O) groups excluding carboxylic acids is 1. The lowest BCUT2D eigenvalue weighted by atomic mass is 10.1. The standard InChI is InChI=1S/C19H20N2O3/c1-15(12-16-6-4-3-5-7-16)13-20-21-19(22)14-24-18-10-8-17(23-2)9-11-18/h3-13H,14H2,1-2H3,(H,21,22)/b15-12+,20-13-. The van der Waals surface area contributed by atoms with Gasteiger partial charge in [0, 0.05) is 0 Å². The maximum Gasteiger partial charge on any atom is 0.277 e. The fraction of sp³-hybridized carbons (Fsp3) is 0.158. The molecule has 2 aromatic carbocycles. The van der Waals surface area contributed by atoms with Crippen LogP contribution in [0.1, 0.15) is 12.5 Å². The van der Waals surface area contributed by atoms with Crippen molar-refractivity contribution >= 4 is 18.2 Å². The largest absolute Gasteiger partial charge is 0.497 e. The van der Waals surface area contributed by atoms with Crippen LogP contribution in [0.5, 0.6) is 11.5 Å². The van der Waals surface area contributed by atoms with Crippen LogP contribution in [0.2, 0.25) is 0 Å². The zero-order chi connectivity index (χ0) is 17.2. The summed E-state index contributed by atoms with van der Waals surface area (Å²) in [7, 11) is 1.59. The summed E-state index contributed by atoms with van der Waals surface area (Å²) >= 11 is 0. The van der Waals surface area contributed by atoms with Gasteiger partial charge in [0.15, 0.2) is 6.61 Å². The van der Waals surface area contributed by atoms with E-state index < -0.39 is 0 Å². The molecule has 0 saturated carbocycles. The number of methoxy groups -OCH3 is 1. The molecule has 0 aliphatic rings. The van der Waals surface area contributed by atoms with Crippen molar-refractivity contribution in [2.45, 2.75) is 6.92 Å². The summed E-state index contributed by atoms with van der Waals surface area (Å²) in [5, 5.41) is 3.91. The van der Waals surface area contributed by atoms with E-state index in [1.807, 2.05) is 43.3 Å². The molecule has 0 radical (unpaired) electrons. The molecule has 24 heavy (non-hydrogen) atoms. The highest BCUT2D eigenvalue weighted by Gasteiger charge is 2.01. The van der Waals surface area contributed by atoms with Gasteiger partial charge in [0.05, 0.1) is 13.3 Å². The number of hydrazone groups is 1. The van der Waals surface area contributed by atoms with Crippen LogP contribution in [0.15, 0.2) is 65.3 Å². The first-order chi connectivity index (χ1) is 11.7. The minimum Gasteiger partial charge on any atom is -0.497 e. The molecular weight excluding hydrogens is 304 g/mol. The Labute approximate surface area is 141 Å². The van der Waals surface area contributed by atoms with Crippen molar-refractivity contribution in [1.82, 2.24) is 5.43 Å². The van der Waals surface area contributed by atoms with E-state index in [0.717, 1.165) is 16.9 Å². The fourth-order valence-electron chi connectivity index (χ4n) is 1.91. The minimum atomic E-state index is -0.324. The van der Waals surface area contributed by atoms with Crippen molar-refractivity contribution in [3.8, 4) is 11.5 Å². The predicted octanol–water partition coefficient (Wildman–Crippen LogP) is 3.28. The van der Waals surface area contributed by atoms with Gasteiger partial charge in [-0.3, -0.25) is 4.79 Å². The highest BCUT2D eigenvalue weighted by Crippen LogP contribution is 2.16. The van der Waals surface area contributed by atoms with E-state index in [1.165, 1.54) is 0 Å². The number of benzene rings is 2. The molecule has 0 bridgehead atoms. The van der Waals surface area contributed by atoms with E-state index in [0.29, 0.717) is 5.75 Å². The van der Waals surface area contributed by atoms with E-state index in [1.54, 1.807) is 37.6 Å². The van der Waals surface area contributed by atoms with Gasteiger partial charge in [-0.1, -0.05) is 36.4 Å². The van der Waals surface area contributed by atoms with Gasteiger partial charge in [-0.15, -0.1) is 0 Å². The minimum absolute atomic E-state index is 0.106. The Balaban J connectivity index is 1.76. The lowest BCUT2D eigenvalue weighted by molar-refractivity contribution is -0.123. The molecule has 0 aliphatic heterocycles. The van der Waals surface area contributed by atoms with E-state index in [4.69, 9.17) is 9.47 Å². The number of hydrogen-bond donors (Lipinski definition) is 1. The predicted molar refractivity (Wildman–Crippen MR) is 95.2 cm³/mol. The van der Waals surface area contributed by atoms with Gasteiger partial charge >= 0.3 is 0 Å². The number of carbonyl (C=O) groups is 1. The van der Waals surface area contributed by atoms with Gasteiger partial charge in [0.2, 0.25) is 0 Å². The Morgan fingerprint density at radius 1 is 1.08 bits per heavy atom. The van der Waals surface area contributed by atoms with Crippen molar-refractivity contribution in [3.63, 3.8) is 0 Å². The molecule has 0 aliphatic carbocycles. The Hall–Kier alpha value is -3.08. The van der Waals surface area contributed by atoms with Crippen LogP contribution < -0.4 is 14.9 Å². The summed E-state index contributed by atoms with van der Waals surface area (Å²) in [6, 6.07) is 16.9. The molecule has 5 nitrogen and oxygen atoms in total. The highest BCUT2D eigenvalue weighted by atomic mass is 16.5. The summed E-state index contributed by atoms with van der Waals surface area (Å²) in [4.78, 5) is 11.7. The zero-order valence-electron chi connectivity index (χ0n) is 13.7. The summed E-state index contributed by atoms with van der Waals surface area (Å²) < 4.78 is 10.4. The van der Waals surface area contributed by atoms with Gasteiger partial charge in [-0.2, -0.15) is 5.10 Å². The van der Waals surface area contributed by atoms with E-state index in [-0.39, 0.29) is 12.5 Å². The van der Waals surface area contributed by atoms with Crippen LogP contribution in [-0.4, -0.2) is 25.8 Å². The van der Waals surface area contributed by atoms with Gasteiger partial charge < -0.3 is 9.47 Å². The summed E-state index contributed by atoms with van der Waals surface area (Å²) in [6.45, 7) is 1.81. The molecule has 1 amide bonds. The quantitative estimate of drug-likeness (QED) is 0.628. The van der Waals surface area contributed by atoms with Crippen LogP contribution in [0.4, 0.5) is 0 Å². The van der Waals surface area contributed by atoms with E-state index in [2.05, 4.69) is 10.5 Å². The molecule has 124 valence electrons. The van der Waals surface area contributed by atoms with Crippen molar-refractivity contribution in [3.05, 3.63) is 65.7 Å². The van der Waals surface area contributed by atoms with Gasteiger partial charge in [0.1, 0.15) is 11.5 Å². The molecule has 5 heteroatoms. The van der Waals surface area contributed by atoms with Crippen LogP contribution in [0.25, 0.3) is 6.08 Å². The first-order valence-corrected chi connectivity index (χ1v) is 7.49. The van der Waals surface area contributed by atoms with Crippen LogP contribution in [0.3, 0.4) is 0 Å². The normalized spacial score (nSPS) is 11.3. The summed E-state index contributed by atoms with van der Waals surface area (Å²) in [5.74, 6) is 1.00. The molecule has 2 aromatic rings. The third kappa shape index (κ3) is 5.96. The monoisotopic (exact) mass is 324 g/mol. The number of nitrogens with one attached hydrogen (secondary N) is 1. The number of allylic oxidation sites excluding steroid dienone is 1. The SMILES string of the molecule is COc1ccc(OCC(=O)N/N=C\C(C)=C\c2ccccc2)cc1.